The van der Waals surface area contributed by atoms with Gasteiger partial charge in [-0.3, -0.25) is 4.79 Å². The lowest BCUT2D eigenvalue weighted by atomic mass is 10.2. The molecule has 1 heterocycles. The number of carbonyl (C=O) groups excluding carboxylic acids is 1. The first-order valence-electron chi connectivity index (χ1n) is 7.06. The molecule has 0 N–H and O–H groups in total. The fourth-order valence-corrected chi connectivity index (χ4v) is 2.97. The van der Waals surface area contributed by atoms with Crippen LogP contribution in [0, 0.1) is 0 Å². The molecule has 7 heteroatoms. The van der Waals surface area contributed by atoms with Crippen LogP contribution in [0.25, 0.3) is 11.5 Å². The summed E-state index contributed by atoms with van der Waals surface area (Å²) < 4.78 is 11.8. The predicted molar refractivity (Wildman–Crippen MR) is 95.5 cm³/mol. The number of hydrogen-bond acceptors (Lipinski definition) is 6. The van der Waals surface area contributed by atoms with Gasteiger partial charge in [0.25, 0.3) is 11.1 Å². The first-order valence-corrected chi connectivity index (χ1v) is 8.83. The van der Waals surface area contributed by atoms with Crippen LogP contribution in [0.15, 0.2) is 62.6 Å². The zero-order valence-electron chi connectivity index (χ0n) is 12.7. The van der Waals surface area contributed by atoms with E-state index in [1.54, 1.807) is 19.2 Å². The fourth-order valence-electron chi connectivity index (χ4n) is 2.04. The van der Waals surface area contributed by atoms with Crippen molar-refractivity contribution in [2.75, 3.05) is 12.9 Å². The van der Waals surface area contributed by atoms with E-state index in [0.717, 1.165) is 10.0 Å². The number of rotatable bonds is 6. The standard InChI is InChI=1S/C17H13BrN2O3S/c1-22-15-5-3-2-4-13(15)16-19-20-17(23-16)24-10-14(21)11-6-8-12(18)9-7-11/h2-9H,10H2,1H3. The van der Waals surface area contributed by atoms with Gasteiger partial charge in [-0.2, -0.15) is 0 Å². The van der Waals surface area contributed by atoms with Gasteiger partial charge in [-0.05, 0) is 24.3 Å². The second-order valence-electron chi connectivity index (χ2n) is 4.79. The van der Waals surface area contributed by atoms with Gasteiger partial charge in [-0.25, -0.2) is 0 Å². The van der Waals surface area contributed by atoms with Crippen LogP contribution < -0.4 is 4.74 Å². The minimum absolute atomic E-state index is 0.00421. The summed E-state index contributed by atoms with van der Waals surface area (Å²) in [5.74, 6) is 1.26. The van der Waals surface area contributed by atoms with E-state index in [4.69, 9.17) is 9.15 Å². The average Bonchev–Trinajstić information content (AvgIpc) is 3.09. The van der Waals surface area contributed by atoms with Gasteiger partial charge < -0.3 is 9.15 Å². The van der Waals surface area contributed by atoms with Crippen molar-refractivity contribution < 1.29 is 13.9 Å². The Morgan fingerprint density at radius 2 is 1.92 bits per heavy atom. The third-order valence-corrected chi connectivity index (χ3v) is 4.58. The second-order valence-corrected chi connectivity index (χ2v) is 6.63. The zero-order chi connectivity index (χ0) is 16.9. The van der Waals surface area contributed by atoms with E-state index in [2.05, 4.69) is 26.1 Å². The molecule has 122 valence electrons. The molecule has 0 radical (unpaired) electrons. The number of para-hydroxylation sites is 1. The molecular weight excluding hydrogens is 392 g/mol. The molecule has 0 atom stereocenters. The number of ketones is 1. The molecule has 0 aliphatic rings. The van der Waals surface area contributed by atoms with Gasteiger partial charge in [-0.15, -0.1) is 10.2 Å². The number of hydrogen-bond donors (Lipinski definition) is 0. The molecule has 1 aromatic heterocycles. The lowest BCUT2D eigenvalue weighted by Crippen LogP contribution is -2.01. The first kappa shape index (κ1) is 16.7. The quantitative estimate of drug-likeness (QED) is 0.445. The number of thioether (sulfide) groups is 1. The van der Waals surface area contributed by atoms with Crippen molar-refractivity contribution in [2.45, 2.75) is 5.22 Å². The van der Waals surface area contributed by atoms with Gasteiger partial charge in [0.2, 0.25) is 0 Å². The Balaban J connectivity index is 1.68. The van der Waals surface area contributed by atoms with Crippen LogP contribution in [0.2, 0.25) is 0 Å². The Labute approximate surface area is 151 Å². The normalized spacial score (nSPS) is 10.6. The second kappa shape index (κ2) is 7.63. The topological polar surface area (TPSA) is 65.2 Å². The fraction of sp³-hybridized carbons (Fsp3) is 0.118. The summed E-state index contributed by atoms with van der Waals surface area (Å²) in [5, 5.41) is 8.35. The Kier molecular flexibility index (Phi) is 5.32. The monoisotopic (exact) mass is 404 g/mol. The average molecular weight is 405 g/mol. The van der Waals surface area contributed by atoms with Crippen LogP contribution in [-0.2, 0) is 0 Å². The first-order chi connectivity index (χ1) is 11.7. The Bertz CT molecular complexity index is 849. The number of methoxy groups -OCH3 is 1. The molecule has 0 bridgehead atoms. The number of Topliss-reactive ketones (excluding diaryl/α,β-unsaturated/α-hetero) is 1. The molecule has 0 spiro atoms. The highest BCUT2D eigenvalue weighted by Crippen LogP contribution is 2.30. The molecule has 24 heavy (non-hydrogen) atoms. The van der Waals surface area contributed by atoms with Crippen molar-refractivity contribution in [1.82, 2.24) is 10.2 Å². The molecule has 5 nitrogen and oxygen atoms in total. The number of nitrogens with zero attached hydrogens (tertiary/aromatic N) is 2. The number of ether oxygens (including phenoxy) is 1. The highest BCUT2D eigenvalue weighted by atomic mass is 79.9. The van der Waals surface area contributed by atoms with Crippen LogP contribution in [0.3, 0.4) is 0 Å². The van der Waals surface area contributed by atoms with Crippen molar-refractivity contribution in [3.8, 4) is 17.2 Å². The maximum absolute atomic E-state index is 12.2. The van der Waals surface area contributed by atoms with Gasteiger partial charge in [0.05, 0.1) is 18.4 Å². The summed E-state index contributed by atoms with van der Waals surface area (Å²) in [6.07, 6.45) is 0. The van der Waals surface area contributed by atoms with E-state index in [0.29, 0.717) is 22.4 Å². The molecule has 0 unspecified atom stereocenters. The van der Waals surface area contributed by atoms with Crippen molar-refractivity contribution in [3.63, 3.8) is 0 Å². The van der Waals surface area contributed by atoms with E-state index in [1.807, 2.05) is 36.4 Å². The molecule has 0 aliphatic carbocycles. The SMILES string of the molecule is COc1ccccc1-c1nnc(SCC(=O)c2ccc(Br)cc2)o1. The molecular formula is C17H13BrN2O3S. The van der Waals surface area contributed by atoms with Crippen LogP contribution in [0.1, 0.15) is 10.4 Å². The van der Waals surface area contributed by atoms with E-state index in [-0.39, 0.29) is 11.5 Å². The number of carbonyl (C=O) groups is 1. The zero-order valence-corrected chi connectivity index (χ0v) is 15.1. The lowest BCUT2D eigenvalue weighted by Gasteiger charge is -2.03. The van der Waals surface area contributed by atoms with Gasteiger partial charge in [0.1, 0.15) is 5.75 Å². The Hall–Kier alpha value is -2.12. The van der Waals surface area contributed by atoms with Crippen LogP contribution in [0.5, 0.6) is 5.75 Å². The largest absolute Gasteiger partial charge is 0.496 e. The number of halogens is 1. The number of aromatic nitrogens is 2. The molecule has 3 aromatic rings. The maximum Gasteiger partial charge on any atom is 0.277 e. The van der Waals surface area contributed by atoms with Crippen LogP contribution >= 0.6 is 27.7 Å². The summed E-state index contributed by atoms with van der Waals surface area (Å²) in [4.78, 5) is 12.2. The van der Waals surface area contributed by atoms with E-state index in [1.165, 1.54) is 11.8 Å². The summed E-state index contributed by atoms with van der Waals surface area (Å²) in [7, 11) is 1.59. The van der Waals surface area contributed by atoms with Crippen LogP contribution in [-0.4, -0.2) is 28.8 Å². The van der Waals surface area contributed by atoms with E-state index in [9.17, 15) is 4.79 Å². The number of benzene rings is 2. The molecule has 3 rings (SSSR count). The summed E-state index contributed by atoms with van der Waals surface area (Å²) in [5.41, 5.74) is 1.37. The molecule has 0 amide bonds. The molecule has 0 fully saturated rings. The van der Waals surface area contributed by atoms with E-state index >= 15 is 0 Å². The van der Waals surface area contributed by atoms with Crippen molar-refractivity contribution >= 4 is 33.5 Å². The third-order valence-electron chi connectivity index (χ3n) is 3.24. The van der Waals surface area contributed by atoms with Crippen molar-refractivity contribution in [2.24, 2.45) is 0 Å². The molecule has 0 aliphatic heterocycles. The lowest BCUT2D eigenvalue weighted by molar-refractivity contribution is 0.102. The highest BCUT2D eigenvalue weighted by molar-refractivity contribution is 9.10. The third kappa shape index (κ3) is 3.85. The van der Waals surface area contributed by atoms with Gasteiger partial charge >= 0.3 is 0 Å². The molecule has 2 aromatic carbocycles. The Morgan fingerprint density at radius 1 is 1.17 bits per heavy atom. The maximum atomic E-state index is 12.2. The van der Waals surface area contributed by atoms with Crippen molar-refractivity contribution in [1.29, 1.82) is 0 Å². The van der Waals surface area contributed by atoms with E-state index < -0.39 is 0 Å². The minimum Gasteiger partial charge on any atom is -0.496 e. The summed E-state index contributed by atoms with van der Waals surface area (Å²) in [6, 6.07) is 14.6. The van der Waals surface area contributed by atoms with Gasteiger partial charge in [-0.1, -0.05) is 52.0 Å². The highest BCUT2D eigenvalue weighted by Gasteiger charge is 2.15. The Morgan fingerprint density at radius 3 is 2.67 bits per heavy atom. The van der Waals surface area contributed by atoms with Gasteiger partial charge in [0.15, 0.2) is 5.78 Å². The summed E-state index contributed by atoms with van der Waals surface area (Å²) >= 11 is 4.56. The predicted octanol–water partition coefficient (Wildman–Crippen LogP) is 4.48. The molecule has 0 saturated carbocycles. The smallest absolute Gasteiger partial charge is 0.277 e. The van der Waals surface area contributed by atoms with Gasteiger partial charge in [0, 0.05) is 10.0 Å². The minimum atomic E-state index is 0.00421. The molecule has 0 saturated heterocycles. The van der Waals surface area contributed by atoms with Crippen LogP contribution in [0.4, 0.5) is 0 Å². The summed E-state index contributed by atoms with van der Waals surface area (Å²) in [6.45, 7) is 0. The van der Waals surface area contributed by atoms with Crippen molar-refractivity contribution in [3.05, 3.63) is 58.6 Å².